The Hall–Kier alpha value is -1.20. The zero-order valence-corrected chi connectivity index (χ0v) is 12.7. The molecule has 1 saturated carbocycles. The van der Waals surface area contributed by atoms with Crippen molar-refractivity contribution in [3.63, 3.8) is 0 Å². The predicted molar refractivity (Wildman–Crippen MR) is 81.6 cm³/mol. The number of hydrogen-bond acceptors (Lipinski definition) is 4. The molecule has 2 unspecified atom stereocenters. The number of aliphatic hydroxyl groups is 1. The molecule has 1 aliphatic carbocycles. The maximum absolute atomic E-state index is 11.7. The molecule has 0 radical (unpaired) electrons. The lowest BCUT2D eigenvalue weighted by Crippen LogP contribution is -2.56. The number of hydrogen-bond donors (Lipinski definition) is 2. The van der Waals surface area contributed by atoms with Gasteiger partial charge in [-0.2, -0.15) is 11.8 Å². The Morgan fingerprint density at radius 1 is 1.65 bits per heavy atom. The van der Waals surface area contributed by atoms with Crippen molar-refractivity contribution in [2.75, 3.05) is 12.3 Å². The van der Waals surface area contributed by atoms with E-state index < -0.39 is 5.60 Å². The molecule has 0 aromatic carbocycles. The molecule has 4 nitrogen and oxygen atoms in total. The quantitative estimate of drug-likeness (QED) is 0.791. The maximum Gasteiger partial charge on any atom is 0.244 e. The molecule has 1 amide bonds. The molecule has 2 atom stereocenters. The standard InChI is InChI=1S/C15H21NO3S/c1-3-20-13-8-9-15(13,18)10-16-14(17)7-6-12-5-4-11(2)19-12/h4-7,13,18H,3,8-10H2,1-2H3,(H,16,17)/b7-6+. The van der Waals surface area contributed by atoms with Crippen molar-refractivity contribution in [1.82, 2.24) is 5.32 Å². The van der Waals surface area contributed by atoms with Crippen molar-refractivity contribution in [3.8, 4) is 0 Å². The van der Waals surface area contributed by atoms with Crippen molar-refractivity contribution < 1.29 is 14.3 Å². The summed E-state index contributed by atoms with van der Waals surface area (Å²) in [5, 5.41) is 13.4. The number of thioether (sulfide) groups is 1. The predicted octanol–water partition coefficient (Wildman–Crippen LogP) is 2.36. The fraction of sp³-hybridized carbons (Fsp3) is 0.533. The van der Waals surface area contributed by atoms with Gasteiger partial charge in [-0.1, -0.05) is 6.92 Å². The molecule has 0 aliphatic heterocycles. The largest absolute Gasteiger partial charge is 0.462 e. The summed E-state index contributed by atoms with van der Waals surface area (Å²) >= 11 is 1.76. The van der Waals surface area contributed by atoms with Crippen LogP contribution in [0.3, 0.4) is 0 Å². The SMILES string of the molecule is CCSC1CCC1(O)CNC(=O)/C=C/c1ccc(C)o1. The highest BCUT2D eigenvalue weighted by Gasteiger charge is 2.45. The fourth-order valence-corrected chi connectivity index (χ4v) is 3.44. The van der Waals surface area contributed by atoms with E-state index in [9.17, 15) is 9.90 Å². The molecule has 0 spiro atoms. The first-order valence-corrected chi connectivity index (χ1v) is 7.95. The third kappa shape index (κ3) is 3.67. The van der Waals surface area contributed by atoms with Gasteiger partial charge >= 0.3 is 0 Å². The van der Waals surface area contributed by atoms with E-state index in [0.29, 0.717) is 12.3 Å². The summed E-state index contributed by atoms with van der Waals surface area (Å²) in [4.78, 5) is 11.7. The molecule has 1 aliphatic rings. The van der Waals surface area contributed by atoms with Crippen LogP contribution >= 0.6 is 11.8 Å². The summed E-state index contributed by atoms with van der Waals surface area (Å²) in [7, 11) is 0. The number of carbonyl (C=O) groups is 1. The molecule has 5 heteroatoms. The Morgan fingerprint density at radius 2 is 2.45 bits per heavy atom. The highest BCUT2D eigenvalue weighted by molar-refractivity contribution is 8.00. The lowest BCUT2D eigenvalue weighted by Gasteiger charge is -2.44. The van der Waals surface area contributed by atoms with Gasteiger partial charge in [0.2, 0.25) is 5.91 Å². The highest BCUT2D eigenvalue weighted by atomic mass is 32.2. The van der Waals surface area contributed by atoms with Crippen LogP contribution in [0.1, 0.15) is 31.3 Å². The molecule has 110 valence electrons. The van der Waals surface area contributed by atoms with Crippen LogP contribution in [0.4, 0.5) is 0 Å². The molecular formula is C15H21NO3S. The van der Waals surface area contributed by atoms with Crippen LogP contribution in [-0.2, 0) is 4.79 Å². The van der Waals surface area contributed by atoms with Crippen LogP contribution < -0.4 is 5.32 Å². The maximum atomic E-state index is 11.7. The second kappa shape index (κ2) is 6.50. The molecule has 1 fully saturated rings. The first kappa shape index (κ1) is 15.2. The third-order valence-electron chi connectivity index (χ3n) is 3.54. The topological polar surface area (TPSA) is 62.5 Å². The minimum Gasteiger partial charge on any atom is -0.462 e. The molecule has 0 saturated heterocycles. The highest BCUT2D eigenvalue weighted by Crippen LogP contribution is 2.40. The zero-order valence-electron chi connectivity index (χ0n) is 11.9. The summed E-state index contributed by atoms with van der Waals surface area (Å²) in [6.07, 6.45) is 4.84. The van der Waals surface area contributed by atoms with Crippen molar-refractivity contribution in [2.45, 2.75) is 37.5 Å². The third-order valence-corrected chi connectivity index (χ3v) is 4.95. The Labute approximate surface area is 123 Å². The van der Waals surface area contributed by atoms with Crippen LogP contribution in [-0.4, -0.2) is 34.2 Å². The number of rotatable bonds is 6. The van der Waals surface area contributed by atoms with Gasteiger partial charge in [-0.15, -0.1) is 0 Å². The number of carbonyl (C=O) groups excluding carboxylic acids is 1. The molecule has 0 bridgehead atoms. The van der Waals surface area contributed by atoms with Crippen molar-refractivity contribution in [3.05, 3.63) is 29.7 Å². The summed E-state index contributed by atoms with van der Waals surface area (Å²) < 4.78 is 5.34. The first-order valence-electron chi connectivity index (χ1n) is 6.90. The van der Waals surface area contributed by atoms with Crippen LogP contribution in [0.5, 0.6) is 0 Å². The van der Waals surface area contributed by atoms with E-state index in [1.165, 1.54) is 6.08 Å². The average molecular weight is 295 g/mol. The monoisotopic (exact) mass is 295 g/mol. The van der Waals surface area contributed by atoms with Crippen molar-refractivity contribution >= 4 is 23.7 Å². The van der Waals surface area contributed by atoms with Gasteiger partial charge in [-0.25, -0.2) is 0 Å². The lowest BCUT2D eigenvalue weighted by molar-refractivity contribution is -0.118. The van der Waals surface area contributed by atoms with E-state index in [1.54, 1.807) is 17.8 Å². The van der Waals surface area contributed by atoms with Gasteiger partial charge in [0, 0.05) is 17.9 Å². The van der Waals surface area contributed by atoms with E-state index in [0.717, 1.165) is 24.4 Å². The fourth-order valence-electron chi connectivity index (χ4n) is 2.24. The van der Waals surface area contributed by atoms with Gasteiger partial charge in [-0.3, -0.25) is 4.79 Å². The molecule has 1 aromatic rings. The zero-order chi connectivity index (χ0) is 14.6. The summed E-state index contributed by atoms with van der Waals surface area (Å²) in [6, 6.07) is 3.66. The second-order valence-corrected chi connectivity index (χ2v) is 6.57. The Morgan fingerprint density at radius 3 is 3.00 bits per heavy atom. The normalized spacial score (nSPS) is 25.6. The molecule has 2 rings (SSSR count). The smallest absolute Gasteiger partial charge is 0.244 e. The Balaban J connectivity index is 1.79. The second-order valence-electron chi connectivity index (χ2n) is 5.09. The Kier molecular flexibility index (Phi) is 4.94. The van der Waals surface area contributed by atoms with Gasteiger partial charge in [0.1, 0.15) is 11.5 Å². The molecular weight excluding hydrogens is 274 g/mol. The van der Waals surface area contributed by atoms with Crippen LogP contribution in [0, 0.1) is 6.92 Å². The van der Waals surface area contributed by atoms with Gasteiger partial charge in [0.15, 0.2) is 0 Å². The summed E-state index contributed by atoms with van der Waals surface area (Å²) in [6.45, 7) is 4.25. The van der Waals surface area contributed by atoms with Gasteiger partial charge < -0.3 is 14.8 Å². The van der Waals surface area contributed by atoms with E-state index in [4.69, 9.17) is 4.42 Å². The Bertz CT molecular complexity index is 497. The summed E-state index contributed by atoms with van der Waals surface area (Å²) in [5.74, 6) is 2.24. The molecule has 1 aromatic heterocycles. The van der Waals surface area contributed by atoms with Gasteiger partial charge in [0.05, 0.1) is 5.60 Å². The first-order chi connectivity index (χ1) is 9.53. The van der Waals surface area contributed by atoms with Gasteiger partial charge in [-0.05, 0) is 43.7 Å². The van der Waals surface area contributed by atoms with Crippen molar-refractivity contribution in [1.29, 1.82) is 0 Å². The summed E-state index contributed by atoms with van der Waals surface area (Å²) in [5.41, 5.74) is -0.745. The number of furan rings is 1. The minimum absolute atomic E-state index is 0.209. The van der Waals surface area contributed by atoms with Crippen LogP contribution in [0.25, 0.3) is 6.08 Å². The van der Waals surface area contributed by atoms with E-state index >= 15 is 0 Å². The van der Waals surface area contributed by atoms with Gasteiger partial charge in [0.25, 0.3) is 0 Å². The number of aryl methyl sites for hydroxylation is 1. The molecule has 20 heavy (non-hydrogen) atoms. The molecule has 1 heterocycles. The average Bonchev–Trinajstić information content (AvgIpc) is 2.84. The van der Waals surface area contributed by atoms with Crippen molar-refractivity contribution in [2.24, 2.45) is 0 Å². The van der Waals surface area contributed by atoms with Crippen LogP contribution in [0.2, 0.25) is 0 Å². The van der Waals surface area contributed by atoms with E-state index in [1.807, 2.05) is 19.1 Å². The van der Waals surface area contributed by atoms with E-state index in [-0.39, 0.29) is 11.2 Å². The van der Waals surface area contributed by atoms with Crippen LogP contribution in [0.15, 0.2) is 22.6 Å². The molecule has 2 N–H and O–H groups in total. The number of amides is 1. The number of nitrogens with one attached hydrogen (secondary N) is 1. The van der Waals surface area contributed by atoms with E-state index in [2.05, 4.69) is 12.2 Å². The lowest BCUT2D eigenvalue weighted by atomic mass is 9.79. The minimum atomic E-state index is -0.745.